The van der Waals surface area contributed by atoms with Crippen LogP contribution in [0.15, 0.2) is 194 Å². The Balaban J connectivity index is 1.18. The summed E-state index contributed by atoms with van der Waals surface area (Å²) in [7, 11) is 0. The molecule has 0 saturated carbocycles. The van der Waals surface area contributed by atoms with E-state index in [0.717, 1.165) is 11.4 Å². The van der Waals surface area contributed by atoms with E-state index in [-0.39, 0.29) is 21.7 Å². The highest BCUT2D eigenvalue weighted by molar-refractivity contribution is 6.26. The highest BCUT2D eigenvalue weighted by atomic mass is 15.0. The SMILES string of the molecule is CC(C)(C)c1ccc2c(c1)c1cc(C(C)(C)C)ccc1n2-c1ccc2c(-c3cccc4ccccc34)c3cc(-n4c5ccc(C(C)(C)C)cc5c5cc(C(C)(C)C)ccc54)ccc3c(-c3cccc4ccccc34)c2c1. The normalized spacial score (nSPS) is 13.0. The molecule has 0 aliphatic carbocycles. The minimum atomic E-state index is 0.00656. The summed E-state index contributed by atoms with van der Waals surface area (Å²) in [6.07, 6.45) is 0. The van der Waals surface area contributed by atoms with Gasteiger partial charge in [-0.3, -0.25) is 0 Å². The van der Waals surface area contributed by atoms with Crippen molar-refractivity contribution in [3.63, 3.8) is 0 Å². The van der Waals surface area contributed by atoms with Crippen molar-refractivity contribution in [3.05, 3.63) is 216 Å². The highest BCUT2D eigenvalue weighted by Gasteiger charge is 2.26. The number of benzene rings is 11. The van der Waals surface area contributed by atoms with Crippen LogP contribution in [-0.2, 0) is 21.7 Å². The first-order valence-corrected chi connectivity index (χ1v) is 27.4. The van der Waals surface area contributed by atoms with Crippen LogP contribution in [0.1, 0.15) is 105 Å². The van der Waals surface area contributed by atoms with E-state index in [9.17, 15) is 0 Å². The molecule has 13 rings (SSSR count). The van der Waals surface area contributed by atoms with Crippen LogP contribution in [0.5, 0.6) is 0 Å². The molecule has 0 atom stereocenters. The average molecular weight is 985 g/mol. The molecule has 0 radical (unpaired) electrons. The molecule has 2 nitrogen and oxygen atoms in total. The molecule has 0 saturated heterocycles. The summed E-state index contributed by atoms with van der Waals surface area (Å²) in [6.45, 7) is 27.8. The minimum absolute atomic E-state index is 0.00656. The van der Waals surface area contributed by atoms with Gasteiger partial charge < -0.3 is 9.13 Å². The second kappa shape index (κ2) is 16.8. The fraction of sp³-hybridized carbons (Fsp3) is 0.216. The van der Waals surface area contributed by atoms with Gasteiger partial charge in [0.2, 0.25) is 0 Å². The van der Waals surface area contributed by atoms with Crippen molar-refractivity contribution in [3.8, 4) is 33.6 Å². The number of fused-ring (bicyclic) bond motifs is 10. The molecule has 0 spiro atoms. The Morgan fingerprint density at radius 1 is 0.237 bits per heavy atom. The van der Waals surface area contributed by atoms with Gasteiger partial charge in [0.05, 0.1) is 22.1 Å². The first kappa shape index (κ1) is 47.8. The van der Waals surface area contributed by atoms with Crippen LogP contribution in [0.4, 0.5) is 0 Å². The Morgan fingerprint density at radius 2 is 0.539 bits per heavy atom. The quantitative estimate of drug-likeness (QED) is 0.156. The Morgan fingerprint density at radius 3 is 0.855 bits per heavy atom. The third-order valence-electron chi connectivity index (χ3n) is 16.7. The molecule has 2 aromatic heterocycles. The second-order valence-corrected chi connectivity index (χ2v) is 25.9. The number of hydrogen-bond donors (Lipinski definition) is 0. The Hall–Kier alpha value is -7.94. The molecular weight excluding hydrogens is 917 g/mol. The van der Waals surface area contributed by atoms with E-state index in [1.54, 1.807) is 0 Å². The second-order valence-electron chi connectivity index (χ2n) is 25.9. The summed E-state index contributed by atoms with van der Waals surface area (Å²) in [6, 6.07) is 74.9. The lowest BCUT2D eigenvalue weighted by molar-refractivity contribution is 0.590. The predicted octanol–water partition coefficient (Wildman–Crippen LogP) is 21.0. The van der Waals surface area contributed by atoms with Crippen LogP contribution < -0.4 is 0 Å². The number of nitrogens with zero attached hydrogens (tertiary/aromatic N) is 2. The van der Waals surface area contributed by atoms with E-state index in [1.807, 2.05) is 0 Å². The predicted molar refractivity (Wildman–Crippen MR) is 331 cm³/mol. The summed E-state index contributed by atoms with van der Waals surface area (Å²) in [4.78, 5) is 0. The van der Waals surface area contributed by atoms with Gasteiger partial charge in [0, 0.05) is 32.9 Å². The van der Waals surface area contributed by atoms with Gasteiger partial charge in [0.15, 0.2) is 0 Å². The van der Waals surface area contributed by atoms with Crippen LogP contribution in [0.3, 0.4) is 0 Å². The molecular formula is C74H68N2. The Bertz CT molecular complexity index is 4100. The van der Waals surface area contributed by atoms with Crippen molar-refractivity contribution < 1.29 is 0 Å². The molecule has 13 aromatic rings. The molecule has 76 heavy (non-hydrogen) atoms. The highest BCUT2D eigenvalue weighted by Crippen LogP contribution is 2.49. The van der Waals surface area contributed by atoms with E-state index >= 15 is 0 Å². The average Bonchev–Trinajstić information content (AvgIpc) is 4.02. The summed E-state index contributed by atoms with van der Waals surface area (Å²) < 4.78 is 5.05. The van der Waals surface area contributed by atoms with Crippen LogP contribution in [0.2, 0.25) is 0 Å². The Labute approximate surface area is 448 Å². The summed E-state index contributed by atoms with van der Waals surface area (Å²) in [5.74, 6) is 0. The summed E-state index contributed by atoms with van der Waals surface area (Å²) in [5.41, 5.74) is 17.5. The fourth-order valence-electron chi connectivity index (χ4n) is 12.4. The van der Waals surface area contributed by atoms with Gasteiger partial charge in [0.1, 0.15) is 0 Å². The van der Waals surface area contributed by atoms with Crippen molar-refractivity contribution in [2.75, 3.05) is 0 Å². The maximum absolute atomic E-state index is 2.53. The van der Waals surface area contributed by atoms with Gasteiger partial charge in [-0.25, -0.2) is 0 Å². The van der Waals surface area contributed by atoms with Gasteiger partial charge in [-0.2, -0.15) is 0 Å². The summed E-state index contributed by atoms with van der Waals surface area (Å²) in [5, 5.41) is 15.0. The van der Waals surface area contributed by atoms with E-state index in [4.69, 9.17) is 0 Å². The van der Waals surface area contributed by atoms with Gasteiger partial charge in [-0.05, 0) is 182 Å². The molecule has 2 heteroatoms. The molecule has 0 aliphatic rings. The Kier molecular flexibility index (Phi) is 10.5. The molecule has 374 valence electrons. The number of aromatic nitrogens is 2. The lowest BCUT2D eigenvalue weighted by Gasteiger charge is -2.22. The monoisotopic (exact) mass is 985 g/mol. The van der Waals surface area contributed by atoms with Crippen LogP contribution in [0.25, 0.3) is 120 Å². The maximum Gasteiger partial charge on any atom is 0.0541 e. The number of hydrogen-bond acceptors (Lipinski definition) is 0. The van der Waals surface area contributed by atoms with Crippen LogP contribution >= 0.6 is 0 Å². The van der Waals surface area contributed by atoms with E-state index in [1.165, 1.54) is 131 Å². The molecule has 0 amide bonds. The smallest absolute Gasteiger partial charge is 0.0541 e. The van der Waals surface area contributed by atoms with Gasteiger partial charge in [0.25, 0.3) is 0 Å². The topological polar surface area (TPSA) is 9.86 Å². The zero-order chi connectivity index (χ0) is 52.8. The van der Waals surface area contributed by atoms with Crippen molar-refractivity contribution in [1.82, 2.24) is 9.13 Å². The van der Waals surface area contributed by atoms with Crippen LogP contribution in [-0.4, -0.2) is 9.13 Å². The standard InChI is InChI=1S/C74H68N2/c1-71(2,3)47-27-35-65-59(39-47)60-40-48(72(4,5)6)28-36-66(60)75(65)51-31-33-57-63(43-51)69(55-25-17-21-45-19-13-15-23-53(45)55)58-34-32-52(44-64(58)70(57)56-26-18-22-46-20-14-16-24-54(46)56)76-67-37-29-49(73(7,8)9)41-61(67)62-42-50(74(10,11)12)30-38-68(62)76/h13-44H,1-12H3. The van der Waals surface area contributed by atoms with Crippen molar-refractivity contribution in [2.45, 2.75) is 105 Å². The van der Waals surface area contributed by atoms with Crippen molar-refractivity contribution in [1.29, 1.82) is 0 Å². The van der Waals surface area contributed by atoms with Crippen molar-refractivity contribution >= 4 is 86.7 Å². The zero-order valence-electron chi connectivity index (χ0n) is 46.4. The van der Waals surface area contributed by atoms with E-state index in [0.29, 0.717) is 0 Å². The molecule has 0 aliphatic heterocycles. The van der Waals surface area contributed by atoms with E-state index in [2.05, 4.69) is 286 Å². The molecule has 11 aromatic carbocycles. The molecule has 0 fully saturated rings. The first-order chi connectivity index (χ1) is 36.2. The van der Waals surface area contributed by atoms with Crippen molar-refractivity contribution in [2.24, 2.45) is 0 Å². The lowest BCUT2D eigenvalue weighted by Crippen LogP contribution is -2.10. The van der Waals surface area contributed by atoms with Gasteiger partial charge >= 0.3 is 0 Å². The van der Waals surface area contributed by atoms with E-state index < -0.39 is 0 Å². The zero-order valence-corrected chi connectivity index (χ0v) is 46.4. The summed E-state index contributed by atoms with van der Waals surface area (Å²) >= 11 is 0. The van der Waals surface area contributed by atoms with Gasteiger partial charge in [-0.1, -0.05) is 204 Å². The molecule has 0 unspecified atom stereocenters. The minimum Gasteiger partial charge on any atom is -0.309 e. The lowest BCUT2D eigenvalue weighted by atomic mass is 9.83. The first-order valence-electron chi connectivity index (χ1n) is 27.4. The molecule has 0 N–H and O–H groups in total. The fourth-order valence-corrected chi connectivity index (χ4v) is 12.4. The third kappa shape index (κ3) is 7.58. The number of rotatable bonds is 4. The van der Waals surface area contributed by atoms with Gasteiger partial charge in [-0.15, -0.1) is 0 Å². The molecule has 2 heterocycles. The largest absolute Gasteiger partial charge is 0.309 e. The molecule has 0 bridgehead atoms. The third-order valence-corrected chi connectivity index (χ3v) is 16.7. The van der Waals surface area contributed by atoms with Crippen LogP contribution in [0, 0.1) is 0 Å². The maximum atomic E-state index is 2.53.